The first-order chi connectivity index (χ1) is 11.6. The fourth-order valence-electron chi connectivity index (χ4n) is 2.18. The van der Waals surface area contributed by atoms with Crippen molar-refractivity contribution in [2.75, 3.05) is 18.9 Å². The molecule has 1 atom stereocenters. The third kappa shape index (κ3) is 6.97. The van der Waals surface area contributed by atoms with Crippen molar-refractivity contribution in [2.45, 2.75) is 44.8 Å². The molecule has 0 saturated heterocycles. The molecular formula is C17H27N3O4. The lowest BCUT2D eigenvalue weighted by Gasteiger charge is -2.15. The molecule has 0 aliphatic carbocycles. The molecule has 0 radical (unpaired) electrons. The molecule has 0 saturated carbocycles. The quantitative estimate of drug-likeness (QED) is 0.196. The maximum Gasteiger partial charge on any atom is 0.255 e. The molecule has 0 aliphatic heterocycles. The second-order valence-electron chi connectivity index (χ2n) is 5.50. The predicted octanol–water partition coefficient (Wildman–Crippen LogP) is 1.19. The summed E-state index contributed by atoms with van der Waals surface area (Å²) < 4.78 is 5.49. The summed E-state index contributed by atoms with van der Waals surface area (Å²) >= 11 is 0. The van der Waals surface area contributed by atoms with E-state index in [2.05, 4.69) is 5.32 Å². The van der Waals surface area contributed by atoms with Gasteiger partial charge in [-0.2, -0.15) is 0 Å². The van der Waals surface area contributed by atoms with Gasteiger partial charge in [0.1, 0.15) is 18.3 Å². The summed E-state index contributed by atoms with van der Waals surface area (Å²) in [7, 11) is 0. The number of aliphatic hydroxyl groups excluding tert-OH is 1. The second-order valence-corrected chi connectivity index (χ2v) is 5.50. The molecule has 0 bridgehead atoms. The fraction of sp³-hybridized carbons (Fsp3) is 0.529. The number of nitrogens with one attached hydrogen (secondary N) is 1. The molecule has 0 aliphatic rings. The Bertz CT molecular complexity index is 523. The van der Waals surface area contributed by atoms with E-state index in [4.69, 9.17) is 16.2 Å². The maximum atomic E-state index is 12.2. The van der Waals surface area contributed by atoms with E-state index >= 15 is 0 Å². The number of ether oxygens (including phenoxy) is 1. The number of amides is 1. The molecule has 0 fully saturated rings. The zero-order valence-electron chi connectivity index (χ0n) is 13.9. The third-order valence-electron chi connectivity index (χ3n) is 3.51. The molecule has 1 amide bonds. The predicted molar refractivity (Wildman–Crippen MR) is 92.6 cm³/mol. The summed E-state index contributed by atoms with van der Waals surface area (Å²) in [6, 6.07) is 4.90. The molecule has 7 nitrogen and oxygen atoms in total. The number of nitrogens with two attached hydrogens (primary N) is 2. The van der Waals surface area contributed by atoms with Gasteiger partial charge in [-0.15, -0.1) is 0 Å². The molecular weight excluding hydrogens is 310 g/mol. The highest BCUT2D eigenvalue weighted by Gasteiger charge is 2.16. The Morgan fingerprint density at radius 1 is 1.29 bits per heavy atom. The van der Waals surface area contributed by atoms with Gasteiger partial charge < -0.3 is 31.4 Å². The van der Waals surface area contributed by atoms with Crippen LogP contribution < -0.4 is 21.5 Å². The van der Waals surface area contributed by atoms with Gasteiger partial charge in [-0.3, -0.25) is 4.79 Å². The van der Waals surface area contributed by atoms with Crippen LogP contribution in [0.4, 0.5) is 5.69 Å². The van der Waals surface area contributed by atoms with E-state index in [0.29, 0.717) is 38.2 Å². The lowest BCUT2D eigenvalue weighted by Crippen LogP contribution is -2.35. The molecule has 0 aromatic heterocycles. The zero-order valence-corrected chi connectivity index (χ0v) is 13.9. The Kier molecular flexibility index (Phi) is 9.48. The van der Waals surface area contributed by atoms with E-state index in [0.717, 1.165) is 25.5 Å². The average Bonchev–Trinajstić information content (AvgIpc) is 2.57. The maximum absolute atomic E-state index is 12.2. The van der Waals surface area contributed by atoms with Gasteiger partial charge in [0.2, 0.25) is 0 Å². The van der Waals surface area contributed by atoms with Crippen LogP contribution in [-0.4, -0.2) is 36.7 Å². The number of rotatable bonds is 12. The van der Waals surface area contributed by atoms with E-state index in [1.54, 1.807) is 18.2 Å². The summed E-state index contributed by atoms with van der Waals surface area (Å²) in [6.45, 7) is 0.969. The number of para-hydroxylation sites is 1. The molecule has 0 spiro atoms. The Morgan fingerprint density at radius 3 is 2.79 bits per heavy atom. The standard InChI is InChI=1S/C17H27N3O4/c18-10-3-1-2-9-15(22)20-17(23)13-7-6-8-14(16(13)19)24-12-5-4-11-21/h6-8,11,15,22H,1-5,9-10,12,18-19H2,(H,20,23). The minimum absolute atomic E-state index is 0.219. The normalized spacial score (nSPS) is 11.8. The third-order valence-corrected chi connectivity index (χ3v) is 3.51. The van der Waals surface area contributed by atoms with Gasteiger partial charge in [-0.25, -0.2) is 0 Å². The highest BCUT2D eigenvalue weighted by atomic mass is 16.5. The molecule has 7 heteroatoms. The zero-order chi connectivity index (χ0) is 17.8. The second kappa shape index (κ2) is 11.4. The Hall–Kier alpha value is -2.12. The average molecular weight is 337 g/mol. The minimum atomic E-state index is -0.924. The van der Waals surface area contributed by atoms with Crippen molar-refractivity contribution in [3.63, 3.8) is 0 Å². The minimum Gasteiger partial charge on any atom is -0.491 e. The number of hydrogen-bond donors (Lipinski definition) is 4. The smallest absolute Gasteiger partial charge is 0.255 e. The number of carbonyl (C=O) groups excluding carboxylic acids is 2. The van der Waals surface area contributed by atoms with Gasteiger partial charge in [0.05, 0.1) is 17.9 Å². The van der Waals surface area contributed by atoms with Crippen LogP contribution in [0.2, 0.25) is 0 Å². The Labute approximate surface area is 142 Å². The number of aliphatic hydroxyl groups is 1. The van der Waals surface area contributed by atoms with Crippen LogP contribution >= 0.6 is 0 Å². The molecule has 1 rings (SSSR count). The molecule has 1 aromatic rings. The first-order valence-corrected chi connectivity index (χ1v) is 8.24. The first kappa shape index (κ1) is 19.9. The number of benzene rings is 1. The van der Waals surface area contributed by atoms with Gasteiger partial charge in [0, 0.05) is 6.42 Å². The van der Waals surface area contributed by atoms with E-state index in [-0.39, 0.29) is 11.3 Å². The van der Waals surface area contributed by atoms with Gasteiger partial charge >= 0.3 is 0 Å². The van der Waals surface area contributed by atoms with E-state index in [1.165, 1.54) is 0 Å². The lowest BCUT2D eigenvalue weighted by molar-refractivity contribution is -0.108. The fourth-order valence-corrected chi connectivity index (χ4v) is 2.18. The number of nitrogen functional groups attached to an aromatic ring is 1. The Morgan fingerprint density at radius 2 is 2.08 bits per heavy atom. The first-order valence-electron chi connectivity index (χ1n) is 8.24. The summed E-state index contributed by atoms with van der Waals surface area (Å²) in [4.78, 5) is 22.5. The van der Waals surface area contributed by atoms with Crippen molar-refractivity contribution in [3.8, 4) is 5.75 Å². The van der Waals surface area contributed by atoms with Crippen molar-refractivity contribution < 1.29 is 19.4 Å². The topological polar surface area (TPSA) is 128 Å². The summed E-state index contributed by atoms with van der Waals surface area (Å²) in [5.41, 5.74) is 11.8. The van der Waals surface area contributed by atoms with Crippen LogP contribution in [0, 0.1) is 0 Å². The summed E-state index contributed by atoms with van der Waals surface area (Å²) in [5, 5.41) is 12.4. The largest absolute Gasteiger partial charge is 0.491 e. The number of aldehydes is 1. The van der Waals surface area contributed by atoms with Crippen LogP contribution in [0.25, 0.3) is 0 Å². The van der Waals surface area contributed by atoms with Crippen molar-refractivity contribution in [1.82, 2.24) is 5.32 Å². The molecule has 24 heavy (non-hydrogen) atoms. The van der Waals surface area contributed by atoms with Crippen LogP contribution in [0.15, 0.2) is 18.2 Å². The van der Waals surface area contributed by atoms with Crippen LogP contribution in [0.1, 0.15) is 48.9 Å². The number of hydrogen-bond acceptors (Lipinski definition) is 6. The van der Waals surface area contributed by atoms with Gasteiger partial charge in [0.15, 0.2) is 0 Å². The van der Waals surface area contributed by atoms with E-state index in [9.17, 15) is 14.7 Å². The SMILES string of the molecule is NCCCCCC(O)NC(=O)c1cccc(OCCCC=O)c1N. The molecule has 6 N–H and O–H groups in total. The van der Waals surface area contributed by atoms with Crippen LogP contribution in [0.5, 0.6) is 5.75 Å². The number of carbonyl (C=O) groups is 2. The van der Waals surface area contributed by atoms with Crippen molar-refractivity contribution in [1.29, 1.82) is 0 Å². The molecule has 1 aromatic carbocycles. The van der Waals surface area contributed by atoms with E-state index < -0.39 is 12.1 Å². The summed E-state index contributed by atoms with van der Waals surface area (Å²) in [6.07, 6.45) is 3.96. The van der Waals surface area contributed by atoms with Crippen molar-refractivity contribution in [3.05, 3.63) is 23.8 Å². The van der Waals surface area contributed by atoms with Gasteiger partial charge in [-0.1, -0.05) is 12.5 Å². The van der Waals surface area contributed by atoms with Crippen molar-refractivity contribution in [2.24, 2.45) is 5.73 Å². The van der Waals surface area contributed by atoms with Gasteiger partial charge in [-0.05, 0) is 44.4 Å². The monoisotopic (exact) mass is 337 g/mol. The highest BCUT2D eigenvalue weighted by Crippen LogP contribution is 2.25. The van der Waals surface area contributed by atoms with E-state index in [1.807, 2.05) is 0 Å². The summed E-state index contributed by atoms with van der Waals surface area (Å²) in [5.74, 6) is -0.0526. The molecule has 0 heterocycles. The number of anilines is 1. The Balaban J connectivity index is 2.55. The highest BCUT2D eigenvalue weighted by molar-refractivity contribution is 6.00. The van der Waals surface area contributed by atoms with Gasteiger partial charge in [0.25, 0.3) is 5.91 Å². The molecule has 134 valence electrons. The van der Waals surface area contributed by atoms with Crippen LogP contribution in [0.3, 0.4) is 0 Å². The molecule has 1 unspecified atom stereocenters. The van der Waals surface area contributed by atoms with Crippen LogP contribution in [-0.2, 0) is 4.79 Å². The van der Waals surface area contributed by atoms with Crippen molar-refractivity contribution >= 4 is 17.9 Å². The lowest BCUT2D eigenvalue weighted by atomic mass is 10.1. The number of unbranched alkanes of at least 4 members (excludes halogenated alkanes) is 3.